The molecule has 1 aromatic heterocycles. The van der Waals surface area contributed by atoms with E-state index in [1.807, 2.05) is 37.3 Å². The van der Waals surface area contributed by atoms with E-state index in [9.17, 15) is 9.18 Å². The number of hydrogen-bond acceptors (Lipinski definition) is 2. The van der Waals surface area contributed by atoms with Crippen molar-refractivity contribution in [3.8, 4) is 11.4 Å². The normalized spacial score (nSPS) is 10.8. The molecule has 26 heavy (non-hydrogen) atoms. The van der Waals surface area contributed by atoms with Crippen LogP contribution in [-0.2, 0) is 0 Å². The van der Waals surface area contributed by atoms with E-state index in [4.69, 9.17) is 0 Å². The number of aryl methyl sites for hydroxylation is 1. The van der Waals surface area contributed by atoms with Crippen molar-refractivity contribution in [2.24, 2.45) is 0 Å². The van der Waals surface area contributed by atoms with Gasteiger partial charge in [-0.3, -0.25) is 4.79 Å². The number of amides is 1. The molecule has 2 N–H and O–H groups in total. The molecule has 0 aliphatic heterocycles. The van der Waals surface area contributed by atoms with Crippen LogP contribution in [0.2, 0.25) is 0 Å². The molecule has 5 heteroatoms. The van der Waals surface area contributed by atoms with Gasteiger partial charge in [-0.25, -0.2) is 9.37 Å². The molecule has 0 unspecified atom stereocenters. The van der Waals surface area contributed by atoms with Crippen molar-refractivity contribution in [3.63, 3.8) is 0 Å². The average molecular weight is 345 g/mol. The van der Waals surface area contributed by atoms with Crippen molar-refractivity contribution in [2.75, 3.05) is 5.32 Å². The maximum atomic E-state index is 13.7. The molecule has 0 atom stereocenters. The van der Waals surface area contributed by atoms with Crippen LogP contribution in [-0.4, -0.2) is 15.9 Å². The van der Waals surface area contributed by atoms with Crippen LogP contribution >= 0.6 is 0 Å². The minimum Gasteiger partial charge on any atom is -0.338 e. The zero-order valence-corrected chi connectivity index (χ0v) is 14.1. The molecule has 4 aromatic rings. The van der Waals surface area contributed by atoms with Gasteiger partial charge in [0.15, 0.2) is 0 Å². The smallest absolute Gasteiger partial charge is 0.255 e. The molecule has 1 heterocycles. The fraction of sp³-hybridized carbons (Fsp3) is 0.0476. The summed E-state index contributed by atoms with van der Waals surface area (Å²) in [6.07, 6.45) is 0. The van der Waals surface area contributed by atoms with Crippen LogP contribution in [0.25, 0.3) is 22.4 Å². The van der Waals surface area contributed by atoms with Crippen molar-refractivity contribution in [2.45, 2.75) is 6.92 Å². The summed E-state index contributed by atoms with van der Waals surface area (Å²) in [5, 5.41) is 2.58. The lowest BCUT2D eigenvalue weighted by Gasteiger charge is -2.06. The summed E-state index contributed by atoms with van der Waals surface area (Å²) in [5.74, 6) is -0.0800. The molecule has 0 aliphatic carbocycles. The number of benzene rings is 3. The molecule has 0 spiro atoms. The second kappa shape index (κ2) is 6.44. The number of aromatic amines is 1. The Bertz CT molecular complexity index is 1100. The third-order valence-electron chi connectivity index (χ3n) is 4.18. The Balaban J connectivity index is 1.57. The number of aromatic nitrogens is 2. The van der Waals surface area contributed by atoms with Crippen molar-refractivity contribution in [1.29, 1.82) is 0 Å². The molecule has 1 amide bonds. The molecule has 0 fully saturated rings. The summed E-state index contributed by atoms with van der Waals surface area (Å²) in [6.45, 7) is 2.03. The summed E-state index contributed by atoms with van der Waals surface area (Å²) in [4.78, 5) is 20.2. The maximum Gasteiger partial charge on any atom is 0.255 e. The molecule has 0 aliphatic rings. The third kappa shape index (κ3) is 3.07. The first kappa shape index (κ1) is 16.0. The van der Waals surface area contributed by atoms with Crippen molar-refractivity contribution in [1.82, 2.24) is 9.97 Å². The highest BCUT2D eigenvalue weighted by molar-refractivity contribution is 6.04. The number of para-hydroxylation sites is 1. The van der Waals surface area contributed by atoms with E-state index in [1.165, 1.54) is 12.1 Å². The molecule has 3 aromatic carbocycles. The third-order valence-corrected chi connectivity index (χ3v) is 4.18. The van der Waals surface area contributed by atoms with Crippen molar-refractivity contribution in [3.05, 3.63) is 83.7 Å². The molecular formula is C21H16FN3O. The highest BCUT2D eigenvalue weighted by Crippen LogP contribution is 2.22. The first-order valence-corrected chi connectivity index (χ1v) is 8.23. The van der Waals surface area contributed by atoms with Crippen LogP contribution in [0, 0.1) is 12.7 Å². The van der Waals surface area contributed by atoms with E-state index in [0.29, 0.717) is 5.56 Å². The van der Waals surface area contributed by atoms with Crippen LogP contribution in [0.5, 0.6) is 0 Å². The zero-order valence-electron chi connectivity index (χ0n) is 14.1. The fourth-order valence-electron chi connectivity index (χ4n) is 2.80. The van der Waals surface area contributed by atoms with Gasteiger partial charge < -0.3 is 10.3 Å². The lowest BCUT2D eigenvalue weighted by molar-refractivity contribution is 0.102. The van der Waals surface area contributed by atoms with Crippen LogP contribution in [0.3, 0.4) is 0 Å². The molecule has 128 valence electrons. The van der Waals surface area contributed by atoms with E-state index in [1.54, 1.807) is 24.3 Å². The number of hydrogen-bond donors (Lipinski definition) is 2. The number of halogens is 1. The first-order valence-electron chi connectivity index (χ1n) is 8.23. The summed E-state index contributed by atoms with van der Waals surface area (Å²) < 4.78 is 13.7. The predicted molar refractivity (Wildman–Crippen MR) is 101 cm³/mol. The van der Waals surface area contributed by atoms with Gasteiger partial charge in [-0.1, -0.05) is 30.3 Å². The molecule has 0 radical (unpaired) electrons. The Morgan fingerprint density at radius 3 is 2.58 bits per heavy atom. The Kier molecular flexibility index (Phi) is 3.97. The number of fused-ring (bicyclic) bond motifs is 1. The van der Waals surface area contributed by atoms with E-state index in [-0.39, 0.29) is 11.6 Å². The second-order valence-corrected chi connectivity index (χ2v) is 6.12. The molecule has 0 saturated heterocycles. The van der Waals surface area contributed by atoms with Gasteiger partial charge in [-0.2, -0.15) is 0 Å². The van der Waals surface area contributed by atoms with Crippen molar-refractivity contribution < 1.29 is 9.18 Å². The minimum absolute atomic E-state index is 0.161. The Morgan fingerprint density at radius 2 is 1.81 bits per heavy atom. The van der Waals surface area contributed by atoms with Gasteiger partial charge in [0, 0.05) is 11.1 Å². The summed E-state index contributed by atoms with van der Waals surface area (Å²) in [7, 11) is 0. The number of nitrogens with one attached hydrogen (secondary N) is 2. The largest absolute Gasteiger partial charge is 0.338 e. The molecule has 0 saturated carbocycles. The number of H-pyrrole nitrogens is 1. The molecular weight excluding hydrogens is 329 g/mol. The van der Waals surface area contributed by atoms with Crippen molar-refractivity contribution >= 4 is 22.6 Å². The van der Waals surface area contributed by atoms with Gasteiger partial charge in [0.05, 0.1) is 16.7 Å². The number of carbonyl (C=O) groups excluding carboxylic acids is 1. The van der Waals surface area contributed by atoms with Gasteiger partial charge in [0.2, 0.25) is 0 Å². The molecule has 4 nitrogen and oxygen atoms in total. The summed E-state index contributed by atoms with van der Waals surface area (Å²) in [5.41, 5.74) is 4.51. The predicted octanol–water partition coefficient (Wildman–Crippen LogP) is 4.93. The van der Waals surface area contributed by atoms with E-state index in [2.05, 4.69) is 15.3 Å². The van der Waals surface area contributed by atoms with Gasteiger partial charge in [0.25, 0.3) is 5.91 Å². The van der Waals surface area contributed by atoms with Gasteiger partial charge in [-0.15, -0.1) is 0 Å². The lowest BCUT2D eigenvalue weighted by Crippen LogP contribution is -2.12. The highest BCUT2D eigenvalue weighted by atomic mass is 19.1. The number of nitrogens with zero attached hydrogens (tertiary/aromatic N) is 1. The van der Waals surface area contributed by atoms with E-state index in [0.717, 1.165) is 28.0 Å². The Hall–Kier alpha value is -3.47. The number of carbonyl (C=O) groups is 1. The number of imidazole rings is 1. The van der Waals surface area contributed by atoms with Crippen LogP contribution in [0.1, 0.15) is 15.9 Å². The standard InChI is InChI=1S/C21H16FN3O/c1-13-6-11-18-19(12-13)24-20(23-18)14-7-9-15(10-8-14)21(26)25-17-5-3-2-4-16(17)22/h2-12H,1H3,(H,23,24)(H,25,26). The van der Waals surface area contributed by atoms with Crippen LogP contribution < -0.4 is 5.32 Å². The van der Waals surface area contributed by atoms with Gasteiger partial charge in [0.1, 0.15) is 11.6 Å². The van der Waals surface area contributed by atoms with Gasteiger partial charge in [-0.05, 0) is 48.9 Å². The summed E-state index contributed by atoms with van der Waals surface area (Å²) in [6, 6.07) is 19.2. The van der Waals surface area contributed by atoms with Crippen LogP contribution in [0.4, 0.5) is 10.1 Å². The maximum absolute atomic E-state index is 13.7. The lowest BCUT2D eigenvalue weighted by atomic mass is 10.1. The zero-order chi connectivity index (χ0) is 18.1. The topological polar surface area (TPSA) is 57.8 Å². The Labute approximate surface area is 149 Å². The monoisotopic (exact) mass is 345 g/mol. The minimum atomic E-state index is -0.463. The first-order chi connectivity index (χ1) is 12.6. The fourth-order valence-corrected chi connectivity index (χ4v) is 2.80. The highest BCUT2D eigenvalue weighted by Gasteiger charge is 2.10. The second-order valence-electron chi connectivity index (χ2n) is 6.12. The SMILES string of the molecule is Cc1ccc2nc(-c3ccc(C(=O)Nc4ccccc4F)cc3)[nH]c2c1. The quantitative estimate of drug-likeness (QED) is 0.553. The van der Waals surface area contributed by atoms with E-state index >= 15 is 0 Å². The Morgan fingerprint density at radius 1 is 1.04 bits per heavy atom. The van der Waals surface area contributed by atoms with E-state index < -0.39 is 5.82 Å². The number of rotatable bonds is 3. The average Bonchev–Trinajstić information content (AvgIpc) is 3.07. The molecule has 4 rings (SSSR count). The molecule has 0 bridgehead atoms. The van der Waals surface area contributed by atoms with Crippen LogP contribution in [0.15, 0.2) is 66.7 Å². The van der Waals surface area contributed by atoms with Gasteiger partial charge >= 0.3 is 0 Å². The number of anilines is 1. The summed E-state index contributed by atoms with van der Waals surface area (Å²) >= 11 is 0.